The fraction of sp³-hybridized carbons (Fsp3) is 0.333. The van der Waals surface area contributed by atoms with E-state index < -0.39 is 17.4 Å². The number of amides is 1. The van der Waals surface area contributed by atoms with E-state index in [-0.39, 0.29) is 5.82 Å². The van der Waals surface area contributed by atoms with Crippen LogP contribution in [0.25, 0.3) is 10.1 Å². The number of carboxylic acid groups (broad SMARTS) is 1. The Morgan fingerprint density at radius 2 is 1.95 bits per heavy atom. The van der Waals surface area contributed by atoms with Crippen molar-refractivity contribution >= 4 is 33.3 Å². The van der Waals surface area contributed by atoms with Crippen molar-refractivity contribution in [1.29, 1.82) is 0 Å². The second-order valence-electron chi connectivity index (χ2n) is 5.34. The summed E-state index contributed by atoms with van der Waals surface area (Å²) >= 11 is 1.17. The van der Waals surface area contributed by atoms with Gasteiger partial charge in [-0.05, 0) is 36.4 Å². The smallest absolute Gasteiger partial charge is 0.329 e. The van der Waals surface area contributed by atoms with E-state index in [0.717, 1.165) is 18.2 Å². The molecule has 1 aliphatic rings. The highest BCUT2D eigenvalue weighted by atomic mass is 32.1. The zero-order valence-corrected chi connectivity index (χ0v) is 12.0. The van der Waals surface area contributed by atoms with E-state index in [0.29, 0.717) is 22.4 Å². The first-order valence-corrected chi connectivity index (χ1v) is 7.57. The molecule has 2 N–H and O–H groups in total. The van der Waals surface area contributed by atoms with Crippen molar-refractivity contribution in [2.45, 2.75) is 31.2 Å². The van der Waals surface area contributed by atoms with Crippen LogP contribution >= 0.6 is 11.3 Å². The molecule has 0 saturated heterocycles. The minimum Gasteiger partial charge on any atom is -0.480 e. The lowest BCUT2D eigenvalue weighted by molar-refractivity contribution is -0.144. The van der Waals surface area contributed by atoms with Gasteiger partial charge in [0, 0.05) is 4.70 Å². The van der Waals surface area contributed by atoms with Crippen LogP contribution in [-0.2, 0) is 4.79 Å². The maximum atomic E-state index is 13.2. The molecule has 0 radical (unpaired) electrons. The largest absolute Gasteiger partial charge is 0.480 e. The second kappa shape index (κ2) is 5.11. The average Bonchev–Trinajstić information content (AvgIpc) is 3.05. The Hall–Kier alpha value is -1.95. The molecule has 1 fully saturated rings. The highest BCUT2D eigenvalue weighted by Gasteiger charge is 2.42. The van der Waals surface area contributed by atoms with E-state index in [9.17, 15) is 19.1 Å². The zero-order chi connectivity index (χ0) is 15.0. The van der Waals surface area contributed by atoms with Crippen LogP contribution in [0, 0.1) is 5.82 Å². The number of nitrogens with one attached hydrogen (secondary N) is 1. The molecule has 0 bridgehead atoms. The monoisotopic (exact) mass is 307 g/mol. The van der Waals surface area contributed by atoms with Crippen LogP contribution in [0.15, 0.2) is 24.3 Å². The van der Waals surface area contributed by atoms with Gasteiger partial charge in [-0.25, -0.2) is 9.18 Å². The van der Waals surface area contributed by atoms with Gasteiger partial charge in [0.15, 0.2) is 0 Å². The van der Waals surface area contributed by atoms with Crippen LogP contribution in [0.1, 0.15) is 35.4 Å². The summed E-state index contributed by atoms with van der Waals surface area (Å²) in [6.07, 6.45) is 2.50. The Morgan fingerprint density at radius 3 is 2.62 bits per heavy atom. The van der Waals surface area contributed by atoms with Crippen molar-refractivity contribution in [2.75, 3.05) is 0 Å². The Balaban J connectivity index is 1.88. The predicted molar refractivity (Wildman–Crippen MR) is 78.1 cm³/mol. The third-order valence-electron chi connectivity index (χ3n) is 3.93. The SMILES string of the molecule is O=C(NC1(C(=O)O)CCCC1)c1cc2ccc(F)cc2s1. The van der Waals surface area contributed by atoms with Crippen LogP contribution in [0.5, 0.6) is 0 Å². The van der Waals surface area contributed by atoms with Crippen molar-refractivity contribution in [3.63, 3.8) is 0 Å². The number of thiophene rings is 1. The van der Waals surface area contributed by atoms with E-state index in [4.69, 9.17) is 0 Å². The highest BCUT2D eigenvalue weighted by Crippen LogP contribution is 2.32. The molecule has 1 aromatic carbocycles. The number of hydrogen-bond acceptors (Lipinski definition) is 3. The molecule has 0 atom stereocenters. The van der Waals surface area contributed by atoms with Crippen molar-refractivity contribution < 1.29 is 19.1 Å². The normalized spacial score (nSPS) is 17.0. The van der Waals surface area contributed by atoms with Gasteiger partial charge in [-0.2, -0.15) is 0 Å². The Labute approximate surface area is 124 Å². The number of carbonyl (C=O) groups excluding carboxylic acids is 1. The third-order valence-corrected chi connectivity index (χ3v) is 5.02. The van der Waals surface area contributed by atoms with Crippen LogP contribution in [0.2, 0.25) is 0 Å². The lowest BCUT2D eigenvalue weighted by Crippen LogP contribution is -2.52. The van der Waals surface area contributed by atoms with Gasteiger partial charge >= 0.3 is 5.97 Å². The lowest BCUT2D eigenvalue weighted by atomic mass is 9.98. The van der Waals surface area contributed by atoms with Gasteiger partial charge in [0.05, 0.1) is 4.88 Å². The predicted octanol–water partition coefficient (Wildman–Crippen LogP) is 3.17. The standard InChI is InChI=1S/C15H14FNO3S/c16-10-4-3-9-7-12(21-11(9)8-10)13(18)17-15(14(19)20)5-1-2-6-15/h3-4,7-8H,1-2,5-6H2,(H,17,18)(H,19,20). The molecule has 1 aromatic heterocycles. The molecule has 1 amide bonds. The fourth-order valence-electron chi connectivity index (χ4n) is 2.77. The fourth-order valence-corrected chi connectivity index (χ4v) is 3.75. The van der Waals surface area contributed by atoms with E-state index in [2.05, 4.69) is 5.32 Å². The molecule has 2 aromatic rings. The minimum atomic E-state index is -1.15. The maximum absolute atomic E-state index is 13.2. The molecular formula is C15H14FNO3S. The van der Waals surface area contributed by atoms with E-state index >= 15 is 0 Å². The zero-order valence-electron chi connectivity index (χ0n) is 11.2. The first-order chi connectivity index (χ1) is 10.00. The summed E-state index contributed by atoms with van der Waals surface area (Å²) in [7, 11) is 0. The second-order valence-corrected chi connectivity index (χ2v) is 6.43. The number of aliphatic carboxylic acids is 1. The Bertz CT molecular complexity index is 719. The minimum absolute atomic E-state index is 0.353. The number of fused-ring (bicyclic) bond motifs is 1. The van der Waals surface area contributed by atoms with Gasteiger partial charge in [0.1, 0.15) is 11.4 Å². The van der Waals surface area contributed by atoms with Crippen LogP contribution in [0.4, 0.5) is 4.39 Å². The van der Waals surface area contributed by atoms with Gasteiger partial charge in [-0.15, -0.1) is 11.3 Å². The van der Waals surface area contributed by atoms with Crippen molar-refractivity contribution in [3.05, 3.63) is 35.0 Å². The Kier molecular flexibility index (Phi) is 3.41. The van der Waals surface area contributed by atoms with Gasteiger partial charge in [0.25, 0.3) is 5.91 Å². The van der Waals surface area contributed by atoms with Crippen molar-refractivity contribution in [3.8, 4) is 0 Å². The maximum Gasteiger partial charge on any atom is 0.329 e. The summed E-state index contributed by atoms with van der Waals surface area (Å²) in [5.41, 5.74) is -1.15. The topological polar surface area (TPSA) is 66.4 Å². The molecule has 1 heterocycles. The molecular weight excluding hydrogens is 293 g/mol. The van der Waals surface area contributed by atoms with Crippen molar-refractivity contribution in [2.24, 2.45) is 0 Å². The van der Waals surface area contributed by atoms with Gasteiger partial charge in [-0.1, -0.05) is 18.9 Å². The van der Waals surface area contributed by atoms with Gasteiger partial charge in [0.2, 0.25) is 0 Å². The van der Waals surface area contributed by atoms with E-state index in [1.807, 2.05) is 0 Å². The van der Waals surface area contributed by atoms with Gasteiger partial charge < -0.3 is 10.4 Å². The quantitative estimate of drug-likeness (QED) is 0.915. The van der Waals surface area contributed by atoms with Crippen molar-refractivity contribution in [1.82, 2.24) is 5.32 Å². The molecule has 110 valence electrons. The lowest BCUT2D eigenvalue weighted by Gasteiger charge is -2.24. The van der Waals surface area contributed by atoms with E-state index in [1.165, 1.54) is 23.5 Å². The summed E-state index contributed by atoms with van der Waals surface area (Å²) < 4.78 is 13.8. The number of benzene rings is 1. The number of hydrogen-bond donors (Lipinski definition) is 2. The van der Waals surface area contributed by atoms with Crippen LogP contribution < -0.4 is 5.32 Å². The molecule has 0 spiro atoms. The molecule has 1 aliphatic carbocycles. The average molecular weight is 307 g/mol. The summed E-state index contributed by atoms with van der Waals surface area (Å²) in [6.45, 7) is 0. The molecule has 0 unspecified atom stereocenters. The first kappa shape index (κ1) is 14.0. The van der Waals surface area contributed by atoms with Crippen LogP contribution in [0.3, 0.4) is 0 Å². The summed E-state index contributed by atoms with van der Waals surface area (Å²) in [4.78, 5) is 24.2. The number of halogens is 1. The molecule has 0 aliphatic heterocycles. The highest BCUT2D eigenvalue weighted by molar-refractivity contribution is 7.20. The number of rotatable bonds is 3. The summed E-state index contributed by atoms with van der Waals surface area (Å²) in [6, 6.07) is 5.99. The van der Waals surface area contributed by atoms with E-state index in [1.54, 1.807) is 12.1 Å². The molecule has 6 heteroatoms. The molecule has 3 rings (SSSR count). The first-order valence-electron chi connectivity index (χ1n) is 6.75. The summed E-state index contributed by atoms with van der Waals surface area (Å²) in [5, 5.41) is 12.8. The third kappa shape index (κ3) is 2.51. The molecule has 4 nitrogen and oxygen atoms in total. The van der Waals surface area contributed by atoms with Gasteiger partial charge in [-0.3, -0.25) is 4.79 Å². The molecule has 1 saturated carbocycles. The van der Waals surface area contributed by atoms with Crippen LogP contribution in [-0.4, -0.2) is 22.5 Å². The molecule has 21 heavy (non-hydrogen) atoms. The summed E-state index contributed by atoms with van der Waals surface area (Å²) in [5.74, 6) is -1.74. The number of carboxylic acids is 1. The Morgan fingerprint density at radius 1 is 1.24 bits per heavy atom. The number of carbonyl (C=O) groups is 2.